The normalized spacial score (nSPS) is 13.3. The van der Waals surface area contributed by atoms with Crippen molar-refractivity contribution in [3.05, 3.63) is 28.9 Å². The summed E-state index contributed by atoms with van der Waals surface area (Å²) < 4.78 is 2.47. The van der Waals surface area contributed by atoms with Gasteiger partial charge in [-0.25, -0.2) is 9.97 Å². The van der Waals surface area contributed by atoms with Crippen LogP contribution in [0.1, 0.15) is 18.2 Å². The van der Waals surface area contributed by atoms with Gasteiger partial charge < -0.3 is 15.2 Å². The molecule has 0 amide bonds. The fourth-order valence-electron chi connectivity index (χ4n) is 1.37. The highest BCUT2D eigenvalue weighted by molar-refractivity contribution is 9.10. The zero-order chi connectivity index (χ0) is 10.8. The van der Waals surface area contributed by atoms with Crippen molar-refractivity contribution in [1.82, 2.24) is 14.4 Å². The van der Waals surface area contributed by atoms with Gasteiger partial charge in [-0.05, 0) is 28.9 Å². The average Bonchev–Trinajstić information content (AvgIpc) is 2.63. The van der Waals surface area contributed by atoms with Crippen molar-refractivity contribution in [3.63, 3.8) is 0 Å². The average molecular weight is 271 g/mol. The molecule has 0 fully saturated rings. The molecule has 80 valence electrons. The lowest BCUT2D eigenvalue weighted by atomic mass is 10.2. The van der Waals surface area contributed by atoms with Gasteiger partial charge in [0.2, 0.25) is 0 Å². The molecule has 0 saturated heterocycles. The maximum atomic E-state index is 9.72. The minimum Gasteiger partial charge on any atom is -0.387 e. The van der Waals surface area contributed by atoms with Gasteiger partial charge in [-0.1, -0.05) is 0 Å². The Morgan fingerprint density at radius 2 is 2.40 bits per heavy atom. The molecule has 6 heteroatoms. The number of rotatable bonds is 3. The summed E-state index contributed by atoms with van der Waals surface area (Å²) in [6.07, 6.45) is 5.13. The van der Waals surface area contributed by atoms with E-state index in [0.717, 1.165) is 0 Å². The van der Waals surface area contributed by atoms with Gasteiger partial charge in [0.1, 0.15) is 4.60 Å². The zero-order valence-electron chi connectivity index (χ0n) is 7.97. The number of aliphatic hydroxyl groups is 1. The summed E-state index contributed by atoms with van der Waals surface area (Å²) in [7, 11) is 0. The van der Waals surface area contributed by atoms with Crippen LogP contribution in [0.4, 0.5) is 0 Å². The van der Waals surface area contributed by atoms with Crippen LogP contribution in [0.5, 0.6) is 0 Å². The topological polar surface area (TPSA) is 76.4 Å². The van der Waals surface area contributed by atoms with Gasteiger partial charge >= 0.3 is 0 Å². The third kappa shape index (κ3) is 2.01. The lowest BCUT2D eigenvalue weighted by Crippen LogP contribution is -2.06. The summed E-state index contributed by atoms with van der Waals surface area (Å²) in [5.41, 5.74) is 6.69. The van der Waals surface area contributed by atoms with E-state index >= 15 is 0 Å². The molecule has 0 bridgehead atoms. The van der Waals surface area contributed by atoms with E-state index in [0.29, 0.717) is 28.9 Å². The Labute approximate surface area is 95.1 Å². The van der Waals surface area contributed by atoms with Crippen LogP contribution in [0.3, 0.4) is 0 Å². The van der Waals surface area contributed by atoms with E-state index in [1.165, 1.54) is 0 Å². The number of aromatic nitrogens is 3. The summed E-state index contributed by atoms with van der Waals surface area (Å²) in [6.45, 7) is 0.439. The molecule has 3 N–H and O–H groups in total. The molecule has 0 aliphatic heterocycles. The molecule has 15 heavy (non-hydrogen) atoms. The lowest BCUT2D eigenvalue weighted by Gasteiger charge is -2.03. The molecule has 0 aliphatic rings. The van der Waals surface area contributed by atoms with Crippen molar-refractivity contribution in [2.24, 2.45) is 5.73 Å². The first-order chi connectivity index (χ1) is 7.22. The first-order valence-corrected chi connectivity index (χ1v) is 5.39. The minimum atomic E-state index is -0.609. The van der Waals surface area contributed by atoms with Crippen LogP contribution < -0.4 is 5.73 Å². The van der Waals surface area contributed by atoms with E-state index in [2.05, 4.69) is 25.9 Å². The molecule has 5 nitrogen and oxygen atoms in total. The summed E-state index contributed by atoms with van der Waals surface area (Å²) in [4.78, 5) is 8.33. The predicted octanol–water partition coefficient (Wildman–Crippen LogP) is 0.874. The van der Waals surface area contributed by atoms with E-state index in [9.17, 15) is 5.11 Å². The molecule has 2 heterocycles. The molecule has 2 aromatic heterocycles. The van der Waals surface area contributed by atoms with Crippen LogP contribution in [0.15, 0.2) is 23.2 Å². The van der Waals surface area contributed by atoms with Crippen LogP contribution in [0.2, 0.25) is 0 Å². The van der Waals surface area contributed by atoms with Crippen molar-refractivity contribution in [3.8, 4) is 0 Å². The van der Waals surface area contributed by atoms with Gasteiger partial charge in [0.25, 0.3) is 0 Å². The Morgan fingerprint density at radius 1 is 1.60 bits per heavy atom. The first-order valence-electron chi connectivity index (χ1n) is 4.59. The molecule has 1 atom stereocenters. The Morgan fingerprint density at radius 3 is 3.07 bits per heavy atom. The smallest absolute Gasteiger partial charge is 0.170 e. The Kier molecular flexibility index (Phi) is 2.99. The van der Waals surface area contributed by atoms with Crippen LogP contribution >= 0.6 is 15.9 Å². The monoisotopic (exact) mass is 270 g/mol. The van der Waals surface area contributed by atoms with Crippen molar-refractivity contribution >= 4 is 21.6 Å². The summed E-state index contributed by atoms with van der Waals surface area (Å²) in [5, 5.41) is 9.72. The number of nitrogens with zero attached hydrogens (tertiary/aromatic N) is 3. The van der Waals surface area contributed by atoms with Gasteiger partial charge in [-0.15, -0.1) is 0 Å². The molecular formula is C9H11BrN4O. The molecule has 0 radical (unpaired) electrons. The Balaban J connectivity index is 2.43. The summed E-state index contributed by atoms with van der Waals surface area (Å²) in [6, 6.07) is 0. The SMILES string of the molecule is NCCC(O)c1cn2ccnc(Br)c2n1. The fraction of sp³-hybridized carbons (Fsp3) is 0.333. The predicted molar refractivity (Wildman–Crippen MR) is 59.3 cm³/mol. The highest BCUT2D eigenvalue weighted by Gasteiger charge is 2.12. The number of imidazole rings is 1. The van der Waals surface area contributed by atoms with E-state index in [1.54, 1.807) is 18.6 Å². The van der Waals surface area contributed by atoms with Gasteiger partial charge in [-0.3, -0.25) is 0 Å². The standard InChI is InChI=1S/C9H11BrN4O/c10-8-9-13-6(7(15)1-2-11)5-14(9)4-3-12-8/h3-5,7,15H,1-2,11H2. The van der Waals surface area contributed by atoms with Crippen LogP contribution in [-0.2, 0) is 0 Å². The van der Waals surface area contributed by atoms with Gasteiger partial charge in [0.05, 0.1) is 11.8 Å². The van der Waals surface area contributed by atoms with Crippen LogP contribution in [0.25, 0.3) is 5.65 Å². The zero-order valence-corrected chi connectivity index (χ0v) is 9.55. The van der Waals surface area contributed by atoms with Gasteiger partial charge in [0, 0.05) is 18.6 Å². The quantitative estimate of drug-likeness (QED) is 0.868. The second-order valence-corrected chi connectivity index (χ2v) is 3.96. The number of fused-ring (bicyclic) bond motifs is 1. The number of hydrogen-bond donors (Lipinski definition) is 2. The number of hydrogen-bond acceptors (Lipinski definition) is 4. The molecule has 2 rings (SSSR count). The second kappa shape index (κ2) is 4.26. The fourth-order valence-corrected chi connectivity index (χ4v) is 1.79. The van der Waals surface area contributed by atoms with Crippen molar-refractivity contribution in [2.45, 2.75) is 12.5 Å². The third-order valence-corrected chi connectivity index (χ3v) is 2.69. The first kappa shape index (κ1) is 10.5. The van der Waals surface area contributed by atoms with E-state index in [-0.39, 0.29) is 0 Å². The molecule has 0 saturated carbocycles. The van der Waals surface area contributed by atoms with E-state index in [4.69, 9.17) is 5.73 Å². The van der Waals surface area contributed by atoms with Crippen molar-refractivity contribution < 1.29 is 5.11 Å². The van der Waals surface area contributed by atoms with Gasteiger partial charge in [0.15, 0.2) is 5.65 Å². The molecule has 1 unspecified atom stereocenters. The lowest BCUT2D eigenvalue weighted by molar-refractivity contribution is 0.166. The maximum Gasteiger partial charge on any atom is 0.170 e. The van der Waals surface area contributed by atoms with E-state index < -0.39 is 6.10 Å². The molecule has 0 aliphatic carbocycles. The molecule has 0 spiro atoms. The maximum absolute atomic E-state index is 9.72. The highest BCUT2D eigenvalue weighted by atomic mass is 79.9. The Hall–Kier alpha value is -0.980. The molecule has 2 aromatic rings. The van der Waals surface area contributed by atoms with Crippen LogP contribution in [0, 0.1) is 0 Å². The number of halogens is 1. The molecule has 0 aromatic carbocycles. The Bertz CT molecular complexity index is 470. The van der Waals surface area contributed by atoms with Gasteiger partial charge in [-0.2, -0.15) is 0 Å². The molecular weight excluding hydrogens is 260 g/mol. The van der Waals surface area contributed by atoms with Crippen LogP contribution in [-0.4, -0.2) is 26.0 Å². The number of aliphatic hydroxyl groups excluding tert-OH is 1. The van der Waals surface area contributed by atoms with E-state index in [1.807, 2.05) is 4.40 Å². The second-order valence-electron chi connectivity index (χ2n) is 3.21. The number of nitrogens with two attached hydrogens (primary N) is 1. The minimum absolute atomic E-state index is 0.439. The largest absolute Gasteiger partial charge is 0.387 e. The summed E-state index contributed by atoms with van der Waals surface area (Å²) in [5.74, 6) is 0. The van der Waals surface area contributed by atoms with Crippen molar-refractivity contribution in [1.29, 1.82) is 0 Å². The third-order valence-electron chi connectivity index (χ3n) is 2.13. The highest BCUT2D eigenvalue weighted by Crippen LogP contribution is 2.19. The summed E-state index contributed by atoms with van der Waals surface area (Å²) >= 11 is 3.30. The van der Waals surface area contributed by atoms with Crippen molar-refractivity contribution in [2.75, 3.05) is 6.54 Å².